The average molecular weight is 331 g/mol. The Labute approximate surface area is 122 Å². The molecule has 0 unspecified atom stereocenters. The number of halogens is 1. The fraction of sp³-hybridized carbons (Fsp3) is 0.429. The van der Waals surface area contributed by atoms with Crippen LogP contribution in [0.2, 0.25) is 0 Å². The van der Waals surface area contributed by atoms with Gasteiger partial charge in [-0.3, -0.25) is 0 Å². The Bertz CT molecular complexity index is 421. The summed E-state index contributed by atoms with van der Waals surface area (Å²) in [5.74, 6) is 1.37. The van der Waals surface area contributed by atoms with E-state index in [-0.39, 0.29) is 6.10 Å². The van der Waals surface area contributed by atoms with Gasteiger partial charge in [0.2, 0.25) is 0 Å². The van der Waals surface area contributed by atoms with Crippen molar-refractivity contribution in [2.45, 2.75) is 19.6 Å². The second kappa shape index (κ2) is 8.19. The first-order valence-electron chi connectivity index (χ1n) is 6.18. The maximum absolute atomic E-state index is 9.23. The number of aliphatic hydroxyl groups is 1. The highest BCUT2D eigenvalue weighted by molar-refractivity contribution is 9.10. The van der Waals surface area contributed by atoms with Crippen molar-refractivity contribution in [1.29, 1.82) is 0 Å². The summed E-state index contributed by atoms with van der Waals surface area (Å²) in [5, 5.41) is 11.3. The van der Waals surface area contributed by atoms with Gasteiger partial charge in [0.05, 0.1) is 17.7 Å². The zero-order valence-corrected chi connectivity index (χ0v) is 12.9. The molecule has 0 radical (unpaired) electrons. The number of aliphatic hydroxyl groups excluding tert-OH is 1. The molecule has 0 saturated heterocycles. The molecule has 1 aromatic rings. The van der Waals surface area contributed by atoms with Gasteiger partial charge in [0.15, 0.2) is 11.5 Å². The number of quaternary nitrogens is 1. The topological polar surface area (TPSA) is 55.3 Å². The normalized spacial score (nSPS) is 12.0. The molecule has 106 valence electrons. The van der Waals surface area contributed by atoms with Crippen LogP contribution >= 0.6 is 15.9 Å². The minimum absolute atomic E-state index is 0.305. The number of methoxy groups -OCH3 is 1. The maximum Gasteiger partial charge on any atom is 0.175 e. The molecule has 0 aliphatic carbocycles. The second-order valence-electron chi connectivity index (χ2n) is 4.29. The Hall–Kier alpha value is -1.04. The van der Waals surface area contributed by atoms with Gasteiger partial charge in [-0.25, -0.2) is 0 Å². The molecule has 0 saturated carbocycles. The molecule has 1 aromatic carbocycles. The summed E-state index contributed by atoms with van der Waals surface area (Å²) in [6.45, 7) is 7.29. The third-order valence-electron chi connectivity index (χ3n) is 2.52. The third-order valence-corrected chi connectivity index (χ3v) is 3.11. The molecule has 1 rings (SSSR count). The van der Waals surface area contributed by atoms with Crippen molar-refractivity contribution >= 4 is 15.9 Å². The van der Waals surface area contributed by atoms with Crippen molar-refractivity contribution in [3.8, 4) is 11.5 Å². The lowest BCUT2D eigenvalue weighted by molar-refractivity contribution is -0.676. The van der Waals surface area contributed by atoms with E-state index in [9.17, 15) is 5.11 Å². The fourth-order valence-corrected chi connectivity index (χ4v) is 2.27. The van der Waals surface area contributed by atoms with Crippen LogP contribution in [0.4, 0.5) is 0 Å². The van der Waals surface area contributed by atoms with Crippen LogP contribution in [0.15, 0.2) is 29.3 Å². The Morgan fingerprint density at radius 2 is 2.26 bits per heavy atom. The van der Waals surface area contributed by atoms with Crippen molar-refractivity contribution in [2.75, 3.05) is 20.3 Å². The summed E-state index contributed by atoms with van der Waals surface area (Å²) in [5.41, 5.74) is 1.11. The van der Waals surface area contributed by atoms with Crippen LogP contribution in [0.25, 0.3) is 0 Å². The van der Waals surface area contributed by atoms with Crippen LogP contribution < -0.4 is 14.8 Å². The van der Waals surface area contributed by atoms with Crippen molar-refractivity contribution in [3.05, 3.63) is 34.8 Å². The molecule has 0 bridgehead atoms. The molecule has 0 heterocycles. The summed E-state index contributed by atoms with van der Waals surface area (Å²) in [6, 6.07) is 3.95. The van der Waals surface area contributed by atoms with E-state index in [1.165, 1.54) is 0 Å². The molecule has 0 spiro atoms. The van der Waals surface area contributed by atoms with Gasteiger partial charge >= 0.3 is 0 Å². The zero-order valence-electron chi connectivity index (χ0n) is 11.4. The molecule has 0 fully saturated rings. The summed E-state index contributed by atoms with van der Waals surface area (Å²) < 4.78 is 11.8. The van der Waals surface area contributed by atoms with Crippen LogP contribution in [-0.2, 0) is 6.54 Å². The molecular weight excluding hydrogens is 310 g/mol. The quantitative estimate of drug-likeness (QED) is 0.710. The van der Waals surface area contributed by atoms with E-state index in [1.54, 1.807) is 20.1 Å². The van der Waals surface area contributed by atoms with Crippen LogP contribution in [0.5, 0.6) is 11.5 Å². The number of nitrogens with two attached hydrogens (primary N) is 1. The van der Waals surface area contributed by atoms with Crippen LogP contribution in [0.1, 0.15) is 12.5 Å². The Kier molecular flexibility index (Phi) is 6.91. The zero-order chi connectivity index (χ0) is 14.3. The second-order valence-corrected chi connectivity index (χ2v) is 5.14. The highest BCUT2D eigenvalue weighted by atomic mass is 79.9. The van der Waals surface area contributed by atoms with Crippen LogP contribution in [0.3, 0.4) is 0 Å². The molecule has 5 heteroatoms. The smallest absolute Gasteiger partial charge is 0.175 e. The van der Waals surface area contributed by atoms with Crippen molar-refractivity contribution < 1.29 is 19.9 Å². The van der Waals surface area contributed by atoms with Crippen LogP contribution in [0, 0.1) is 0 Å². The van der Waals surface area contributed by atoms with E-state index in [4.69, 9.17) is 9.47 Å². The molecule has 0 aliphatic heterocycles. The van der Waals surface area contributed by atoms with Gasteiger partial charge < -0.3 is 19.9 Å². The van der Waals surface area contributed by atoms with E-state index in [0.29, 0.717) is 24.7 Å². The first kappa shape index (κ1) is 16.0. The van der Waals surface area contributed by atoms with E-state index >= 15 is 0 Å². The van der Waals surface area contributed by atoms with Gasteiger partial charge in [-0.05, 0) is 35.0 Å². The number of hydrogen-bond donors (Lipinski definition) is 2. The predicted molar refractivity (Wildman–Crippen MR) is 78.6 cm³/mol. The Morgan fingerprint density at radius 3 is 2.84 bits per heavy atom. The SMILES string of the molecule is C=CCOc1c(Br)cc(C[NH2+]C[C@@H](C)O)cc1OC. The monoisotopic (exact) mass is 330 g/mol. The fourth-order valence-electron chi connectivity index (χ4n) is 1.66. The van der Waals surface area contributed by atoms with Gasteiger partial charge in [-0.1, -0.05) is 12.7 Å². The number of benzene rings is 1. The summed E-state index contributed by atoms with van der Waals surface area (Å²) in [7, 11) is 1.62. The number of rotatable bonds is 8. The van der Waals surface area contributed by atoms with Crippen molar-refractivity contribution in [2.24, 2.45) is 0 Å². The third kappa shape index (κ3) is 5.22. The average Bonchev–Trinajstić information content (AvgIpc) is 2.36. The first-order valence-corrected chi connectivity index (χ1v) is 6.97. The maximum atomic E-state index is 9.23. The number of ether oxygens (including phenoxy) is 2. The molecule has 1 atom stereocenters. The lowest BCUT2D eigenvalue weighted by Gasteiger charge is -2.13. The molecule has 19 heavy (non-hydrogen) atoms. The van der Waals surface area contributed by atoms with Crippen molar-refractivity contribution in [3.63, 3.8) is 0 Å². The molecule has 0 aliphatic rings. The van der Waals surface area contributed by atoms with Crippen molar-refractivity contribution in [1.82, 2.24) is 0 Å². The lowest BCUT2D eigenvalue weighted by Crippen LogP contribution is -2.84. The van der Waals surface area contributed by atoms with Gasteiger partial charge in [0.25, 0.3) is 0 Å². The van der Waals surface area contributed by atoms with Crippen LogP contribution in [-0.4, -0.2) is 31.5 Å². The van der Waals surface area contributed by atoms with E-state index in [1.807, 2.05) is 12.1 Å². The van der Waals surface area contributed by atoms with Gasteiger partial charge in [0, 0.05) is 5.56 Å². The summed E-state index contributed by atoms with van der Waals surface area (Å²) >= 11 is 3.49. The van der Waals surface area contributed by atoms with E-state index < -0.39 is 0 Å². The molecule has 4 nitrogen and oxygen atoms in total. The minimum atomic E-state index is -0.305. The minimum Gasteiger partial charge on any atom is -0.493 e. The Balaban J connectivity index is 2.80. The van der Waals surface area contributed by atoms with Gasteiger partial charge in [-0.2, -0.15) is 0 Å². The summed E-state index contributed by atoms with van der Waals surface area (Å²) in [4.78, 5) is 0. The first-order chi connectivity index (χ1) is 9.08. The van der Waals surface area contributed by atoms with E-state index in [0.717, 1.165) is 16.6 Å². The Morgan fingerprint density at radius 1 is 1.53 bits per heavy atom. The highest BCUT2D eigenvalue weighted by Gasteiger charge is 2.12. The van der Waals surface area contributed by atoms with Gasteiger partial charge in [-0.15, -0.1) is 0 Å². The predicted octanol–water partition coefficient (Wildman–Crippen LogP) is 1.47. The molecule has 3 N–H and O–H groups in total. The summed E-state index contributed by atoms with van der Waals surface area (Å²) in [6.07, 6.45) is 1.39. The van der Waals surface area contributed by atoms with Gasteiger partial charge in [0.1, 0.15) is 19.7 Å². The number of hydrogen-bond acceptors (Lipinski definition) is 3. The van der Waals surface area contributed by atoms with E-state index in [2.05, 4.69) is 27.8 Å². The standard InChI is InChI=1S/C14H20BrNO3/c1-4-5-19-14-12(15)6-11(7-13(14)18-3)9-16-8-10(2)17/h4,6-7,10,16-17H,1,5,8-9H2,2-3H3/p+1/t10-/m1/s1. The lowest BCUT2D eigenvalue weighted by atomic mass is 10.2. The molecule has 0 aromatic heterocycles. The largest absolute Gasteiger partial charge is 0.493 e. The molecular formula is C14H21BrNO3+. The molecule has 0 amide bonds. The highest BCUT2D eigenvalue weighted by Crippen LogP contribution is 2.36.